The van der Waals surface area contributed by atoms with Crippen LogP contribution in [0.5, 0.6) is 0 Å². The maximum atomic E-state index is 11.8. The molecule has 1 fully saturated rings. The molecular formula is C19H21N3O3. The second-order valence-corrected chi connectivity index (χ2v) is 6.09. The molecule has 2 amide bonds. The Morgan fingerprint density at radius 3 is 2.64 bits per heavy atom. The summed E-state index contributed by atoms with van der Waals surface area (Å²) in [6.45, 7) is 0.449. The molecule has 6 heteroatoms. The van der Waals surface area contributed by atoms with E-state index in [2.05, 4.69) is 21.7 Å². The Balaban J connectivity index is 1.35. The first-order valence-corrected chi connectivity index (χ1v) is 8.36. The van der Waals surface area contributed by atoms with Crippen molar-refractivity contribution in [3.63, 3.8) is 0 Å². The number of ether oxygens (including phenoxy) is 1. The highest BCUT2D eigenvalue weighted by atomic mass is 16.5. The second-order valence-electron chi connectivity index (χ2n) is 6.09. The number of nitrogens with one attached hydrogen (secondary N) is 2. The SMILES string of the molecule is O=C(CNC(=O)OCc1ccccc1)NCc1cncc(C2CC2)c1. The van der Waals surface area contributed by atoms with Gasteiger partial charge >= 0.3 is 6.09 Å². The quantitative estimate of drug-likeness (QED) is 0.812. The first kappa shape index (κ1) is 17.0. The zero-order valence-electron chi connectivity index (χ0n) is 13.9. The first-order valence-electron chi connectivity index (χ1n) is 8.36. The van der Waals surface area contributed by atoms with Gasteiger partial charge in [0.1, 0.15) is 13.2 Å². The Labute approximate surface area is 146 Å². The molecule has 1 saturated carbocycles. The largest absolute Gasteiger partial charge is 0.445 e. The number of pyridine rings is 1. The number of rotatable bonds is 7. The molecule has 2 aromatic rings. The van der Waals surface area contributed by atoms with Gasteiger partial charge in [0.15, 0.2) is 0 Å². The number of alkyl carbamates (subject to hydrolysis) is 1. The Bertz CT molecular complexity index is 730. The highest BCUT2D eigenvalue weighted by molar-refractivity contribution is 5.82. The summed E-state index contributed by atoms with van der Waals surface area (Å²) < 4.78 is 5.05. The van der Waals surface area contributed by atoms with Crippen LogP contribution < -0.4 is 10.6 Å². The number of carbonyl (C=O) groups is 2. The third-order valence-electron chi connectivity index (χ3n) is 3.96. The van der Waals surface area contributed by atoms with Crippen LogP contribution in [0.3, 0.4) is 0 Å². The maximum absolute atomic E-state index is 11.8. The van der Waals surface area contributed by atoms with Gasteiger partial charge in [-0.3, -0.25) is 9.78 Å². The fourth-order valence-electron chi connectivity index (χ4n) is 2.43. The van der Waals surface area contributed by atoms with Crippen molar-refractivity contribution in [1.29, 1.82) is 0 Å². The number of hydrogen-bond acceptors (Lipinski definition) is 4. The third-order valence-corrected chi connectivity index (χ3v) is 3.96. The number of aromatic nitrogens is 1. The lowest BCUT2D eigenvalue weighted by Gasteiger charge is -2.08. The predicted octanol–water partition coefficient (Wildman–Crippen LogP) is 2.50. The van der Waals surface area contributed by atoms with Crippen molar-refractivity contribution in [3.8, 4) is 0 Å². The molecule has 0 radical (unpaired) electrons. The first-order chi connectivity index (χ1) is 12.2. The van der Waals surface area contributed by atoms with E-state index in [4.69, 9.17) is 4.74 Å². The highest BCUT2D eigenvalue weighted by Crippen LogP contribution is 2.39. The van der Waals surface area contributed by atoms with Crippen LogP contribution >= 0.6 is 0 Å². The normalized spacial score (nSPS) is 13.1. The van der Waals surface area contributed by atoms with Crippen molar-refractivity contribution < 1.29 is 14.3 Å². The van der Waals surface area contributed by atoms with Gasteiger partial charge in [0, 0.05) is 18.9 Å². The van der Waals surface area contributed by atoms with Crippen molar-refractivity contribution in [2.75, 3.05) is 6.54 Å². The second kappa shape index (κ2) is 8.28. The van der Waals surface area contributed by atoms with Crippen LogP contribution in [0.2, 0.25) is 0 Å². The Hall–Kier alpha value is -2.89. The lowest BCUT2D eigenvalue weighted by molar-refractivity contribution is -0.120. The molecule has 0 saturated heterocycles. The molecule has 0 spiro atoms. The van der Waals surface area contributed by atoms with Crippen LogP contribution in [0.15, 0.2) is 48.8 Å². The molecule has 1 aromatic heterocycles. The average Bonchev–Trinajstić information content (AvgIpc) is 3.49. The molecule has 6 nitrogen and oxygen atoms in total. The van der Waals surface area contributed by atoms with Crippen LogP contribution in [0.25, 0.3) is 0 Å². The van der Waals surface area contributed by atoms with E-state index in [1.807, 2.05) is 36.5 Å². The molecule has 25 heavy (non-hydrogen) atoms. The molecule has 0 bridgehead atoms. The standard InChI is InChI=1S/C19H21N3O3/c23-18(12-22-19(24)25-13-14-4-2-1-3-5-14)21-10-15-8-17(11-20-9-15)16-6-7-16/h1-5,8-9,11,16H,6-7,10,12-13H2,(H,21,23)(H,22,24). The van der Waals surface area contributed by atoms with Crippen molar-refractivity contribution >= 4 is 12.0 Å². The van der Waals surface area contributed by atoms with Crippen LogP contribution in [0.4, 0.5) is 4.79 Å². The summed E-state index contributed by atoms with van der Waals surface area (Å²) in [7, 11) is 0. The number of hydrogen-bond donors (Lipinski definition) is 2. The number of benzene rings is 1. The van der Waals surface area contributed by atoms with Gasteiger partial charge in [-0.1, -0.05) is 36.4 Å². The van der Waals surface area contributed by atoms with E-state index >= 15 is 0 Å². The van der Waals surface area contributed by atoms with E-state index < -0.39 is 6.09 Å². The molecular weight excluding hydrogens is 318 g/mol. The Morgan fingerprint density at radius 1 is 1.08 bits per heavy atom. The molecule has 0 atom stereocenters. The Kier molecular flexibility index (Phi) is 5.61. The summed E-state index contributed by atoms with van der Waals surface area (Å²) in [6, 6.07) is 11.4. The summed E-state index contributed by atoms with van der Waals surface area (Å²) in [5, 5.41) is 5.21. The van der Waals surface area contributed by atoms with Crippen LogP contribution in [0.1, 0.15) is 35.4 Å². The molecule has 1 aliphatic rings. The summed E-state index contributed by atoms with van der Waals surface area (Å²) >= 11 is 0. The summed E-state index contributed by atoms with van der Waals surface area (Å²) in [4.78, 5) is 27.6. The van der Waals surface area contributed by atoms with Crippen LogP contribution in [-0.2, 0) is 22.7 Å². The van der Waals surface area contributed by atoms with Crippen molar-refractivity contribution in [1.82, 2.24) is 15.6 Å². The van der Waals surface area contributed by atoms with E-state index in [0.717, 1.165) is 11.1 Å². The molecule has 2 N–H and O–H groups in total. The lowest BCUT2D eigenvalue weighted by atomic mass is 10.1. The molecule has 1 aromatic carbocycles. The molecule has 1 aliphatic carbocycles. The summed E-state index contributed by atoms with van der Waals surface area (Å²) in [5.41, 5.74) is 3.09. The molecule has 1 heterocycles. The minimum Gasteiger partial charge on any atom is -0.445 e. The van der Waals surface area contributed by atoms with Gasteiger partial charge in [0.25, 0.3) is 0 Å². The van der Waals surface area contributed by atoms with Gasteiger partial charge in [0.2, 0.25) is 5.91 Å². The van der Waals surface area contributed by atoms with Gasteiger partial charge in [-0.2, -0.15) is 0 Å². The maximum Gasteiger partial charge on any atom is 0.407 e. The molecule has 130 valence electrons. The smallest absolute Gasteiger partial charge is 0.407 e. The van der Waals surface area contributed by atoms with Crippen LogP contribution in [0, 0.1) is 0 Å². The fraction of sp³-hybridized carbons (Fsp3) is 0.316. The lowest BCUT2D eigenvalue weighted by Crippen LogP contribution is -2.36. The molecule has 3 rings (SSSR count). The zero-order valence-corrected chi connectivity index (χ0v) is 13.9. The van der Waals surface area contributed by atoms with Crippen molar-refractivity contribution in [3.05, 3.63) is 65.5 Å². The van der Waals surface area contributed by atoms with Gasteiger partial charge in [-0.15, -0.1) is 0 Å². The fourth-order valence-corrected chi connectivity index (χ4v) is 2.43. The number of carbonyl (C=O) groups excluding carboxylic acids is 2. The van der Waals surface area contributed by atoms with Gasteiger partial charge < -0.3 is 15.4 Å². The van der Waals surface area contributed by atoms with E-state index in [0.29, 0.717) is 12.5 Å². The molecule has 0 aliphatic heterocycles. The van der Waals surface area contributed by atoms with Gasteiger partial charge in [0.05, 0.1) is 0 Å². The Morgan fingerprint density at radius 2 is 1.88 bits per heavy atom. The minimum atomic E-state index is -0.614. The van der Waals surface area contributed by atoms with E-state index in [9.17, 15) is 9.59 Å². The third kappa shape index (κ3) is 5.60. The van der Waals surface area contributed by atoms with Gasteiger partial charge in [-0.05, 0) is 35.4 Å². The average molecular weight is 339 g/mol. The van der Waals surface area contributed by atoms with Crippen molar-refractivity contribution in [2.24, 2.45) is 0 Å². The number of amides is 2. The molecule has 0 unspecified atom stereocenters. The minimum absolute atomic E-state index is 0.122. The van der Waals surface area contributed by atoms with E-state index in [1.165, 1.54) is 18.4 Å². The zero-order chi connectivity index (χ0) is 17.5. The van der Waals surface area contributed by atoms with Crippen LogP contribution in [-0.4, -0.2) is 23.5 Å². The van der Waals surface area contributed by atoms with Crippen molar-refractivity contribution in [2.45, 2.75) is 31.9 Å². The summed E-state index contributed by atoms with van der Waals surface area (Å²) in [6.07, 6.45) is 5.44. The topological polar surface area (TPSA) is 80.3 Å². The van der Waals surface area contributed by atoms with E-state index in [1.54, 1.807) is 6.20 Å². The predicted molar refractivity (Wildman–Crippen MR) is 92.7 cm³/mol. The van der Waals surface area contributed by atoms with Gasteiger partial charge in [-0.25, -0.2) is 4.79 Å². The summed E-state index contributed by atoms with van der Waals surface area (Å²) in [5.74, 6) is 0.359. The van der Waals surface area contributed by atoms with E-state index in [-0.39, 0.29) is 19.1 Å². The number of nitrogens with zero attached hydrogens (tertiary/aromatic N) is 1. The highest BCUT2D eigenvalue weighted by Gasteiger charge is 2.23. The monoisotopic (exact) mass is 339 g/mol.